The van der Waals surface area contributed by atoms with E-state index >= 15 is 0 Å². The summed E-state index contributed by atoms with van der Waals surface area (Å²) in [5.74, 6) is 3.34. The Morgan fingerprint density at radius 1 is 0.929 bits per heavy atom. The van der Waals surface area contributed by atoms with Crippen molar-refractivity contribution >= 4 is 0 Å². The van der Waals surface area contributed by atoms with E-state index in [2.05, 4.69) is 27.7 Å². The molecule has 1 saturated carbocycles. The maximum Gasteiger partial charge on any atom is 0.0635 e. The maximum atomic E-state index is 6.12. The Kier molecular flexibility index (Phi) is 2.88. The Balaban J connectivity index is 2.08. The standard InChI is InChI=1S/C13H24O/c1-8-7-12-6-5-9(2)14-13(12)11(4)10(8)3/h8-13H,5-7H2,1-4H3. The molecule has 2 aliphatic rings. The smallest absolute Gasteiger partial charge is 0.0635 e. The van der Waals surface area contributed by atoms with Crippen molar-refractivity contribution in [1.29, 1.82) is 0 Å². The van der Waals surface area contributed by atoms with Crippen LogP contribution in [0.3, 0.4) is 0 Å². The molecule has 1 heterocycles. The second-order valence-electron chi connectivity index (χ2n) is 5.68. The van der Waals surface area contributed by atoms with Gasteiger partial charge in [-0.15, -0.1) is 0 Å². The molecule has 1 aliphatic carbocycles. The van der Waals surface area contributed by atoms with E-state index in [9.17, 15) is 0 Å². The molecule has 0 bridgehead atoms. The molecule has 6 atom stereocenters. The Morgan fingerprint density at radius 3 is 2.36 bits per heavy atom. The van der Waals surface area contributed by atoms with Gasteiger partial charge >= 0.3 is 0 Å². The van der Waals surface area contributed by atoms with Crippen molar-refractivity contribution in [3.63, 3.8) is 0 Å². The van der Waals surface area contributed by atoms with Gasteiger partial charge in [0.2, 0.25) is 0 Å². The number of fused-ring (bicyclic) bond motifs is 1. The van der Waals surface area contributed by atoms with Crippen LogP contribution in [0.2, 0.25) is 0 Å². The van der Waals surface area contributed by atoms with Crippen LogP contribution in [-0.2, 0) is 4.74 Å². The van der Waals surface area contributed by atoms with Crippen molar-refractivity contribution in [2.75, 3.05) is 0 Å². The first-order valence-electron chi connectivity index (χ1n) is 6.25. The number of hydrogen-bond donors (Lipinski definition) is 0. The largest absolute Gasteiger partial charge is 0.375 e. The minimum absolute atomic E-state index is 0.499. The zero-order valence-corrected chi connectivity index (χ0v) is 9.99. The molecule has 82 valence electrons. The van der Waals surface area contributed by atoms with Crippen molar-refractivity contribution in [3.8, 4) is 0 Å². The highest BCUT2D eigenvalue weighted by Gasteiger charge is 2.41. The SMILES string of the molecule is CC1CCC2CC(C)C(C)C(C)C2O1. The van der Waals surface area contributed by atoms with E-state index in [0.29, 0.717) is 12.2 Å². The van der Waals surface area contributed by atoms with Crippen molar-refractivity contribution in [1.82, 2.24) is 0 Å². The van der Waals surface area contributed by atoms with Crippen molar-refractivity contribution in [3.05, 3.63) is 0 Å². The molecule has 0 aromatic heterocycles. The van der Waals surface area contributed by atoms with E-state index in [0.717, 1.165) is 23.7 Å². The van der Waals surface area contributed by atoms with Gasteiger partial charge in [-0.2, -0.15) is 0 Å². The lowest BCUT2D eigenvalue weighted by atomic mass is 9.66. The zero-order chi connectivity index (χ0) is 10.3. The number of hydrogen-bond acceptors (Lipinski definition) is 1. The molecule has 2 fully saturated rings. The van der Waals surface area contributed by atoms with Crippen LogP contribution in [0.25, 0.3) is 0 Å². The van der Waals surface area contributed by atoms with Gasteiger partial charge in [-0.05, 0) is 49.9 Å². The molecule has 0 radical (unpaired) electrons. The van der Waals surface area contributed by atoms with Crippen LogP contribution in [0, 0.1) is 23.7 Å². The molecular weight excluding hydrogens is 172 g/mol. The van der Waals surface area contributed by atoms with Crippen molar-refractivity contribution in [2.24, 2.45) is 23.7 Å². The summed E-state index contributed by atoms with van der Waals surface area (Å²) in [6.45, 7) is 9.42. The van der Waals surface area contributed by atoms with E-state index in [1.807, 2.05) is 0 Å². The van der Waals surface area contributed by atoms with Crippen LogP contribution >= 0.6 is 0 Å². The minimum atomic E-state index is 0.499. The topological polar surface area (TPSA) is 9.23 Å². The highest BCUT2D eigenvalue weighted by molar-refractivity contribution is 4.90. The van der Waals surface area contributed by atoms with E-state index in [1.165, 1.54) is 19.3 Å². The first-order valence-corrected chi connectivity index (χ1v) is 6.25. The van der Waals surface area contributed by atoms with E-state index in [4.69, 9.17) is 4.74 Å². The lowest BCUT2D eigenvalue weighted by Crippen LogP contribution is -2.46. The Labute approximate surface area is 88.2 Å². The molecule has 0 aromatic carbocycles. The molecule has 1 heteroatoms. The lowest BCUT2D eigenvalue weighted by Gasteiger charge is -2.47. The van der Waals surface area contributed by atoms with Gasteiger partial charge in [-0.1, -0.05) is 20.8 Å². The van der Waals surface area contributed by atoms with Gasteiger partial charge in [0.25, 0.3) is 0 Å². The second kappa shape index (κ2) is 3.84. The summed E-state index contributed by atoms with van der Waals surface area (Å²) in [7, 11) is 0. The van der Waals surface area contributed by atoms with Gasteiger partial charge < -0.3 is 4.74 Å². The lowest BCUT2D eigenvalue weighted by molar-refractivity contribution is -0.138. The summed E-state index contributed by atoms with van der Waals surface area (Å²) in [6.07, 6.45) is 5.12. The van der Waals surface area contributed by atoms with Gasteiger partial charge in [0.05, 0.1) is 12.2 Å². The van der Waals surface area contributed by atoms with E-state index < -0.39 is 0 Å². The van der Waals surface area contributed by atoms with Crippen LogP contribution in [0.5, 0.6) is 0 Å². The third-order valence-electron chi connectivity index (χ3n) is 4.72. The average molecular weight is 196 g/mol. The van der Waals surface area contributed by atoms with Crippen LogP contribution in [0.15, 0.2) is 0 Å². The summed E-state index contributed by atoms with van der Waals surface area (Å²) in [6, 6.07) is 0. The quantitative estimate of drug-likeness (QED) is 0.576. The summed E-state index contributed by atoms with van der Waals surface area (Å²) < 4.78 is 6.12. The van der Waals surface area contributed by atoms with Gasteiger partial charge in [-0.3, -0.25) is 0 Å². The Bertz CT molecular complexity index is 199. The highest BCUT2D eigenvalue weighted by atomic mass is 16.5. The molecule has 1 saturated heterocycles. The fourth-order valence-corrected chi connectivity index (χ4v) is 3.38. The second-order valence-corrected chi connectivity index (χ2v) is 5.68. The van der Waals surface area contributed by atoms with Crippen molar-refractivity contribution < 1.29 is 4.74 Å². The molecule has 2 rings (SSSR count). The van der Waals surface area contributed by atoms with Crippen LogP contribution in [0.1, 0.15) is 47.0 Å². The van der Waals surface area contributed by atoms with Crippen LogP contribution in [-0.4, -0.2) is 12.2 Å². The third-order valence-corrected chi connectivity index (χ3v) is 4.72. The van der Waals surface area contributed by atoms with Crippen LogP contribution < -0.4 is 0 Å². The van der Waals surface area contributed by atoms with Gasteiger partial charge in [0.15, 0.2) is 0 Å². The minimum Gasteiger partial charge on any atom is -0.375 e. The van der Waals surface area contributed by atoms with E-state index in [-0.39, 0.29) is 0 Å². The Morgan fingerprint density at radius 2 is 1.64 bits per heavy atom. The zero-order valence-electron chi connectivity index (χ0n) is 9.99. The predicted molar refractivity (Wildman–Crippen MR) is 59.2 cm³/mol. The van der Waals surface area contributed by atoms with Gasteiger partial charge in [-0.25, -0.2) is 0 Å². The summed E-state index contributed by atoms with van der Waals surface area (Å²) in [4.78, 5) is 0. The molecule has 14 heavy (non-hydrogen) atoms. The summed E-state index contributed by atoms with van der Waals surface area (Å²) >= 11 is 0. The normalized spacial score (nSPS) is 54.0. The van der Waals surface area contributed by atoms with E-state index in [1.54, 1.807) is 0 Å². The molecule has 0 spiro atoms. The first kappa shape index (κ1) is 10.5. The fourth-order valence-electron chi connectivity index (χ4n) is 3.38. The molecular formula is C13H24O. The summed E-state index contributed by atoms with van der Waals surface area (Å²) in [5, 5.41) is 0. The van der Waals surface area contributed by atoms with Gasteiger partial charge in [0, 0.05) is 0 Å². The molecule has 1 nitrogen and oxygen atoms in total. The summed E-state index contributed by atoms with van der Waals surface area (Å²) in [5.41, 5.74) is 0. The first-order chi connectivity index (χ1) is 6.59. The van der Waals surface area contributed by atoms with Gasteiger partial charge in [0.1, 0.15) is 0 Å². The molecule has 1 aliphatic heterocycles. The van der Waals surface area contributed by atoms with Crippen molar-refractivity contribution in [2.45, 2.75) is 59.2 Å². The third kappa shape index (κ3) is 1.71. The molecule has 6 unspecified atom stereocenters. The number of rotatable bonds is 0. The predicted octanol–water partition coefficient (Wildman–Crippen LogP) is 3.48. The number of ether oxygens (including phenoxy) is 1. The average Bonchev–Trinajstić information content (AvgIpc) is 2.16. The highest BCUT2D eigenvalue weighted by Crippen LogP contribution is 2.44. The molecule has 0 N–H and O–H groups in total. The monoisotopic (exact) mass is 196 g/mol. The molecule has 0 amide bonds. The Hall–Kier alpha value is -0.0400. The fraction of sp³-hybridized carbons (Fsp3) is 1.00. The maximum absolute atomic E-state index is 6.12. The molecule has 0 aromatic rings. The van der Waals surface area contributed by atoms with Crippen LogP contribution in [0.4, 0.5) is 0 Å².